The van der Waals surface area contributed by atoms with Gasteiger partial charge in [-0.25, -0.2) is 0 Å². The molecule has 0 saturated carbocycles. The van der Waals surface area contributed by atoms with Crippen molar-refractivity contribution >= 4 is 17.5 Å². The summed E-state index contributed by atoms with van der Waals surface area (Å²) in [4.78, 5) is 24.5. The van der Waals surface area contributed by atoms with E-state index in [0.717, 1.165) is 11.4 Å². The lowest BCUT2D eigenvalue weighted by Gasteiger charge is -2.16. The summed E-state index contributed by atoms with van der Waals surface area (Å²) in [6, 6.07) is 7.14. The maximum Gasteiger partial charge on any atom is 0.239 e. The Morgan fingerprint density at radius 2 is 2.06 bits per heavy atom. The Labute approximate surface area is 99.2 Å². The first-order valence-corrected chi connectivity index (χ1v) is 5.38. The van der Waals surface area contributed by atoms with Crippen LogP contribution in [0, 0.1) is 5.92 Å². The summed E-state index contributed by atoms with van der Waals surface area (Å²) in [5, 5.41) is 0. The van der Waals surface area contributed by atoms with Crippen molar-refractivity contribution in [2.45, 2.75) is 6.42 Å². The average molecular weight is 234 g/mol. The second kappa shape index (κ2) is 4.45. The van der Waals surface area contributed by atoms with Crippen LogP contribution in [0.25, 0.3) is 0 Å². The van der Waals surface area contributed by atoms with Gasteiger partial charge in [0, 0.05) is 12.2 Å². The maximum atomic E-state index is 11.9. The van der Waals surface area contributed by atoms with Gasteiger partial charge in [0.1, 0.15) is 11.7 Å². The van der Waals surface area contributed by atoms with Crippen molar-refractivity contribution in [3.8, 4) is 5.75 Å². The summed E-state index contributed by atoms with van der Waals surface area (Å²) in [5.41, 5.74) is 5.93. The molecule has 0 bridgehead atoms. The molecule has 17 heavy (non-hydrogen) atoms. The molecular formula is C12H14N2O3. The monoisotopic (exact) mass is 234 g/mol. The van der Waals surface area contributed by atoms with Gasteiger partial charge in [-0.2, -0.15) is 0 Å². The Hall–Kier alpha value is -2.04. The number of anilines is 1. The molecular weight excluding hydrogens is 220 g/mol. The number of hydrogen-bond acceptors (Lipinski definition) is 3. The summed E-state index contributed by atoms with van der Waals surface area (Å²) < 4.78 is 5.04. The molecule has 1 saturated heterocycles. The number of amides is 2. The fourth-order valence-corrected chi connectivity index (χ4v) is 1.96. The first kappa shape index (κ1) is 11.4. The van der Waals surface area contributed by atoms with Crippen LogP contribution < -0.4 is 15.4 Å². The average Bonchev–Trinajstić information content (AvgIpc) is 2.71. The zero-order valence-electron chi connectivity index (χ0n) is 9.55. The largest absolute Gasteiger partial charge is 0.497 e. The molecule has 0 radical (unpaired) electrons. The topological polar surface area (TPSA) is 72.6 Å². The van der Waals surface area contributed by atoms with Crippen LogP contribution in [0.15, 0.2) is 24.3 Å². The number of rotatable bonds is 3. The predicted molar refractivity (Wildman–Crippen MR) is 62.6 cm³/mol. The summed E-state index contributed by atoms with van der Waals surface area (Å²) >= 11 is 0. The summed E-state index contributed by atoms with van der Waals surface area (Å²) in [6.45, 7) is 0.527. The van der Waals surface area contributed by atoms with Crippen LogP contribution >= 0.6 is 0 Å². The van der Waals surface area contributed by atoms with Gasteiger partial charge in [0.25, 0.3) is 0 Å². The van der Waals surface area contributed by atoms with E-state index in [2.05, 4.69) is 0 Å². The second-order valence-electron chi connectivity index (χ2n) is 3.93. The molecule has 2 amide bonds. The smallest absolute Gasteiger partial charge is 0.239 e. The number of ether oxygens (including phenoxy) is 1. The first-order valence-electron chi connectivity index (χ1n) is 5.38. The van der Waals surface area contributed by atoms with Gasteiger partial charge < -0.3 is 15.4 Å². The van der Waals surface area contributed by atoms with Gasteiger partial charge in [0.2, 0.25) is 11.8 Å². The number of carbonyl (C=O) groups is 2. The molecule has 0 aromatic heterocycles. The highest BCUT2D eigenvalue weighted by molar-refractivity contribution is 6.09. The molecule has 5 nitrogen and oxygen atoms in total. The fraction of sp³-hybridized carbons (Fsp3) is 0.333. The van der Waals surface area contributed by atoms with Crippen molar-refractivity contribution in [2.24, 2.45) is 11.7 Å². The molecule has 0 spiro atoms. The number of methoxy groups -OCH3 is 1. The van der Waals surface area contributed by atoms with E-state index >= 15 is 0 Å². The maximum absolute atomic E-state index is 11.9. The van der Waals surface area contributed by atoms with E-state index < -0.39 is 11.8 Å². The first-order chi connectivity index (χ1) is 8.13. The molecule has 0 aliphatic carbocycles. The number of nitrogens with zero attached hydrogens (tertiary/aromatic N) is 1. The molecule has 90 valence electrons. The molecule has 1 aromatic carbocycles. The number of carbonyl (C=O) groups excluding carboxylic acids is 2. The van der Waals surface area contributed by atoms with Gasteiger partial charge in [-0.05, 0) is 30.7 Å². The van der Waals surface area contributed by atoms with Crippen molar-refractivity contribution in [1.29, 1.82) is 0 Å². The molecule has 1 fully saturated rings. The van der Waals surface area contributed by atoms with Crippen LogP contribution in [0.4, 0.5) is 5.69 Å². The minimum absolute atomic E-state index is 0.220. The molecule has 1 unspecified atom stereocenters. The SMILES string of the molecule is COc1ccc(N2CCC(C(N)=O)C2=O)cc1. The Morgan fingerprint density at radius 1 is 1.41 bits per heavy atom. The number of benzene rings is 1. The molecule has 2 N–H and O–H groups in total. The Balaban J connectivity index is 2.18. The van der Waals surface area contributed by atoms with Crippen molar-refractivity contribution < 1.29 is 14.3 Å². The lowest BCUT2D eigenvalue weighted by atomic mass is 10.1. The zero-order valence-corrected chi connectivity index (χ0v) is 9.55. The summed E-state index contributed by atoms with van der Waals surface area (Å²) in [7, 11) is 1.58. The predicted octanol–water partition coefficient (Wildman–Crippen LogP) is 0.533. The van der Waals surface area contributed by atoms with Gasteiger partial charge in [0.15, 0.2) is 0 Å². The third-order valence-corrected chi connectivity index (χ3v) is 2.93. The Morgan fingerprint density at radius 3 is 2.53 bits per heavy atom. The molecule has 5 heteroatoms. The molecule has 1 heterocycles. The summed E-state index contributed by atoms with van der Waals surface area (Å²) in [6.07, 6.45) is 0.486. The Bertz CT molecular complexity index is 442. The van der Waals surface area contributed by atoms with Crippen LogP contribution in [-0.4, -0.2) is 25.5 Å². The molecule has 1 aliphatic heterocycles. The minimum atomic E-state index is -0.683. The van der Waals surface area contributed by atoms with Crippen LogP contribution in [0.3, 0.4) is 0 Å². The van der Waals surface area contributed by atoms with Crippen molar-refractivity contribution in [1.82, 2.24) is 0 Å². The van der Waals surface area contributed by atoms with E-state index in [4.69, 9.17) is 10.5 Å². The van der Waals surface area contributed by atoms with Crippen LogP contribution in [-0.2, 0) is 9.59 Å². The third kappa shape index (κ3) is 2.08. The molecule has 1 aliphatic rings. The normalized spacial score (nSPS) is 19.5. The van der Waals surface area contributed by atoms with Gasteiger partial charge in [-0.15, -0.1) is 0 Å². The van der Waals surface area contributed by atoms with E-state index in [0.29, 0.717) is 13.0 Å². The zero-order chi connectivity index (χ0) is 12.4. The molecule has 1 atom stereocenters. The number of hydrogen-bond donors (Lipinski definition) is 1. The van der Waals surface area contributed by atoms with Crippen molar-refractivity contribution in [3.05, 3.63) is 24.3 Å². The van der Waals surface area contributed by atoms with Crippen LogP contribution in [0.1, 0.15) is 6.42 Å². The van der Waals surface area contributed by atoms with Crippen LogP contribution in [0.5, 0.6) is 5.75 Å². The highest BCUT2D eigenvalue weighted by atomic mass is 16.5. The lowest BCUT2D eigenvalue weighted by molar-refractivity contribution is -0.130. The second-order valence-corrected chi connectivity index (χ2v) is 3.93. The molecule has 2 rings (SSSR count). The number of primary amides is 1. The third-order valence-electron chi connectivity index (χ3n) is 2.93. The van der Waals surface area contributed by atoms with E-state index in [9.17, 15) is 9.59 Å². The van der Waals surface area contributed by atoms with Gasteiger partial charge >= 0.3 is 0 Å². The fourth-order valence-electron chi connectivity index (χ4n) is 1.96. The Kier molecular flexibility index (Phi) is 2.99. The lowest BCUT2D eigenvalue weighted by Crippen LogP contribution is -2.33. The van der Waals surface area contributed by atoms with Crippen molar-refractivity contribution in [3.63, 3.8) is 0 Å². The highest BCUT2D eigenvalue weighted by Gasteiger charge is 2.36. The van der Waals surface area contributed by atoms with Gasteiger partial charge in [-0.3, -0.25) is 9.59 Å². The molecule has 1 aromatic rings. The quantitative estimate of drug-likeness (QED) is 0.775. The van der Waals surface area contributed by atoms with Crippen molar-refractivity contribution in [2.75, 3.05) is 18.6 Å². The van der Waals surface area contributed by atoms with E-state index in [-0.39, 0.29) is 5.91 Å². The van der Waals surface area contributed by atoms with Crippen LogP contribution in [0.2, 0.25) is 0 Å². The van der Waals surface area contributed by atoms with Gasteiger partial charge in [-0.1, -0.05) is 0 Å². The number of nitrogens with two attached hydrogens (primary N) is 1. The van der Waals surface area contributed by atoms with E-state index in [1.165, 1.54) is 0 Å². The summed E-state index contributed by atoms with van der Waals surface area (Å²) in [5.74, 6) is -0.724. The van der Waals surface area contributed by atoms with Gasteiger partial charge in [0.05, 0.1) is 7.11 Å². The van der Waals surface area contributed by atoms with E-state index in [1.807, 2.05) is 0 Å². The van der Waals surface area contributed by atoms with E-state index in [1.54, 1.807) is 36.3 Å². The standard InChI is InChI=1S/C12H14N2O3/c1-17-9-4-2-8(3-5-9)14-7-6-10(11(13)15)12(14)16/h2-5,10H,6-7H2,1H3,(H2,13,15). The minimum Gasteiger partial charge on any atom is -0.497 e. The highest BCUT2D eigenvalue weighted by Crippen LogP contribution is 2.26.